The van der Waals surface area contributed by atoms with Gasteiger partial charge in [-0.05, 0) is 49.2 Å². The number of sulfone groups is 1. The van der Waals surface area contributed by atoms with Crippen molar-refractivity contribution in [2.24, 2.45) is 0 Å². The van der Waals surface area contributed by atoms with Crippen molar-refractivity contribution in [2.45, 2.75) is 74.0 Å². The zero-order chi connectivity index (χ0) is 26.3. The summed E-state index contributed by atoms with van der Waals surface area (Å²) in [5.41, 5.74) is 6.16. The van der Waals surface area contributed by atoms with Gasteiger partial charge in [0.05, 0.1) is 22.2 Å². The topological polar surface area (TPSA) is 130 Å². The van der Waals surface area contributed by atoms with Crippen LogP contribution in [0.25, 0.3) is 0 Å². The first kappa shape index (κ1) is 29.8. The highest BCUT2D eigenvalue weighted by Crippen LogP contribution is 2.16. The fourth-order valence-electron chi connectivity index (χ4n) is 3.61. The van der Waals surface area contributed by atoms with Crippen molar-refractivity contribution in [2.75, 3.05) is 24.7 Å². The molecule has 2 N–H and O–H groups in total. The molecule has 0 saturated carbocycles. The monoisotopic (exact) mass is 539 g/mol. The summed E-state index contributed by atoms with van der Waals surface area (Å²) in [4.78, 5) is 12.0. The van der Waals surface area contributed by atoms with Crippen LogP contribution in [0, 0.1) is 0 Å². The highest BCUT2D eigenvalue weighted by molar-refractivity contribution is 7.91. The molecule has 0 aliphatic rings. The van der Waals surface area contributed by atoms with Crippen LogP contribution in [0.1, 0.15) is 64.2 Å². The molecule has 0 saturated heterocycles. The van der Waals surface area contributed by atoms with Crippen molar-refractivity contribution >= 4 is 31.6 Å². The fraction of sp³-hybridized carbons (Fsp3) is 0.500. The van der Waals surface area contributed by atoms with Gasteiger partial charge in [0.25, 0.3) is 10.1 Å². The molecule has 0 amide bonds. The molecule has 0 atom stereocenters. The summed E-state index contributed by atoms with van der Waals surface area (Å²) < 4.78 is 58.3. The Kier molecular flexibility index (Phi) is 12.9. The molecule has 0 bridgehead atoms. The molecular weight excluding hydrogens is 502 g/mol. The summed E-state index contributed by atoms with van der Waals surface area (Å²) >= 11 is 0. The predicted octanol–water partition coefficient (Wildman–Crippen LogP) is 4.89. The Hall–Kier alpha value is -2.43. The van der Waals surface area contributed by atoms with Crippen molar-refractivity contribution in [3.63, 3.8) is 0 Å². The Bertz CT molecular complexity index is 1120. The van der Waals surface area contributed by atoms with Crippen LogP contribution < -0.4 is 5.73 Å². The van der Waals surface area contributed by atoms with Crippen molar-refractivity contribution in [1.82, 2.24) is 0 Å². The van der Waals surface area contributed by atoms with E-state index in [1.807, 2.05) is 0 Å². The molecule has 0 heterocycles. The predicted molar refractivity (Wildman–Crippen MR) is 140 cm³/mol. The van der Waals surface area contributed by atoms with E-state index in [2.05, 4.69) is 0 Å². The molecule has 0 fully saturated rings. The van der Waals surface area contributed by atoms with E-state index < -0.39 is 32.5 Å². The summed E-state index contributed by atoms with van der Waals surface area (Å²) in [5, 5.41) is 0. The van der Waals surface area contributed by atoms with Gasteiger partial charge in [-0.2, -0.15) is 8.42 Å². The van der Waals surface area contributed by atoms with E-state index in [4.69, 9.17) is 14.7 Å². The van der Waals surface area contributed by atoms with E-state index in [-0.39, 0.29) is 17.3 Å². The van der Waals surface area contributed by atoms with Crippen LogP contribution in [-0.2, 0) is 33.7 Å². The summed E-state index contributed by atoms with van der Waals surface area (Å²) in [7, 11) is -7.20. The minimum atomic E-state index is -3.96. The Balaban J connectivity index is 1.40. The molecule has 0 aromatic heterocycles. The number of nitrogen functional groups attached to an aromatic ring is 1. The third-order valence-corrected chi connectivity index (χ3v) is 8.77. The van der Waals surface area contributed by atoms with Gasteiger partial charge in [-0.25, -0.2) is 13.2 Å². The van der Waals surface area contributed by atoms with Gasteiger partial charge in [0.1, 0.15) is 0 Å². The highest BCUT2D eigenvalue weighted by atomic mass is 32.2. The number of benzene rings is 2. The van der Waals surface area contributed by atoms with Gasteiger partial charge >= 0.3 is 5.97 Å². The smallest absolute Gasteiger partial charge is 0.333 e. The van der Waals surface area contributed by atoms with E-state index in [1.165, 1.54) is 12.1 Å². The third-order valence-electron chi connectivity index (χ3n) is 5.67. The first-order chi connectivity index (χ1) is 17.2. The SMILES string of the molecule is Nc1ccc(S(=O)(=O)CCCCCCCCCCCCOC(=O)COS(=O)(=O)c2ccccc2)cc1. The maximum atomic E-state index is 12.3. The van der Waals surface area contributed by atoms with E-state index in [0.717, 1.165) is 57.8 Å². The average molecular weight is 540 g/mol. The van der Waals surface area contributed by atoms with E-state index >= 15 is 0 Å². The Morgan fingerprint density at radius 3 is 1.78 bits per heavy atom. The standard InChI is InChI=1S/C26H37NO7S2/c27-23-16-18-24(19-17-23)35(29,30)21-13-8-6-4-2-1-3-5-7-12-20-33-26(28)22-34-36(31,32)25-14-10-9-11-15-25/h9-11,14-19H,1-8,12-13,20-22,27H2. The average Bonchev–Trinajstić information content (AvgIpc) is 2.86. The maximum Gasteiger partial charge on any atom is 0.333 e. The van der Waals surface area contributed by atoms with Crippen LogP contribution in [0.5, 0.6) is 0 Å². The van der Waals surface area contributed by atoms with Crippen molar-refractivity contribution < 1.29 is 30.6 Å². The van der Waals surface area contributed by atoms with Gasteiger partial charge in [-0.3, -0.25) is 4.18 Å². The maximum absolute atomic E-state index is 12.3. The number of unbranched alkanes of at least 4 members (excludes halogenated alkanes) is 9. The minimum absolute atomic E-state index is 0.000101. The van der Waals surface area contributed by atoms with Gasteiger partial charge in [-0.15, -0.1) is 0 Å². The lowest BCUT2D eigenvalue weighted by Gasteiger charge is -2.07. The first-order valence-electron chi connectivity index (χ1n) is 12.4. The number of esters is 1. The molecule has 0 radical (unpaired) electrons. The Morgan fingerprint density at radius 1 is 0.667 bits per heavy atom. The molecule has 0 aliphatic carbocycles. The minimum Gasteiger partial charge on any atom is -0.464 e. The zero-order valence-electron chi connectivity index (χ0n) is 20.6. The Morgan fingerprint density at radius 2 is 1.19 bits per heavy atom. The third kappa shape index (κ3) is 11.5. The molecule has 2 aromatic carbocycles. The second-order valence-corrected chi connectivity index (χ2v) is 12.4. The number of rotatable bonds is 18. The van der Waals surface area contributed by atoms with E-state index in [0.29, 0.717) is 17.0 Å². The normalized spacial score (nSPS) is 11.9. The largest absolute Gasteiger partial charge is 0.464 e. The fourth-order valence-corrected chi connectivity index (χ4v) is 5.86. The molecule has 36 heavy (non-hydrogen) atoms. The number of hydrogen-bond acceptors (Lipinski definition) is 8. The van der Waals surface area contributed by atoms with Gasteiger partial charge < -0.3 is 10.5 Å². The van der Waals surface area contributed by atoms with Gasteiger partial charge in [0.2, 0.25) is 0 Å². The molecular formula is C26H37NO7S2. The van der Waals surface area contributed by atoms with E-state index in [9.17, 15) is 21.6 Å². The molecule has 0 unspecified atom stereocenters. The summed E-state index contributed by atoms with van der Waals surface area (Å²) in [6, 6.07) is 14.0. The van der Waals surface area contributed by atoms with Crippen LogP contribution in [0.15, 0.2) is 64.4 Å². The molecule has 2 aromatic rings. The number of carbonyl (C=O) groups excluding carboxylic acids is 1. The molecule has 10 heteroatoms. The van der Waals surface area contributed by atoms with Crippen LogP contribution in [-0.4, -0.2) is 41.8 Å². The molecule has 0 spiro atoms. The quantitative estimate of drug-likeness (QED) is 0.123. The van der Waals surface area contributed by atoms with Gasteiger partial charge in [0.15, 0.2) is 16.4 Å². The molecule has 200 valence electrons. The lowest BCUT2D eigenvalue weighted by atomic mass is 10.1. The highest BCUT2D eigenvalue weighted by Gasteiger charge is 2.17. The number of anilines is 1. The van der Waals surface area contributed by atoms with Crippen molar-refractivity contribution in [3.05, 3.63) is 54.6 Å². The molecule has 8 nitrogen and oxygen atoms in total. The lowest BCUT2D eigenvalue weighted by Crippen LogP contribution is -2.17. The summed E-state index contributed by atoms with van der Waals surface area (Å²) in [6.07, 6.45) is 9.69. The van der Waals surface area contributed by atoms with Crippen molar-refractivity contribution in [3.8, 4) is 0 Å². The van der Waals surface area contributed by atoms with Crippen LogP contribution >= 0.6 is 0 Å². The van der Waals surface area contributed by atoms with Crippen molar-refractivity contribution in [1.29, 1.82) is 0 Å². The molecule has 0 aliphatic heterocycles. The number of ether oxygens (including phenoxy) is 1. The second kappa shape index (κ2) is 15.6. The Labute approximate surface area is 215 Å². The summed E-state index contributed by atoms with van der Waals surface area (Å²) in [5.74, 6) is -0.535. The first-order valence-corrected chi connectivity index (χ1v) is 15.5. The number of carbonyl (C=O) groups is 1. The van der Waals surface area contributed by atoms with Crippen LogP contribution in [0.2, 0.25) is 0 Å². The van der Waals surface area contributed by atoms with Gasteiger partial charge in [-0.1, -0.05) is 69.6 Å². The van der Waals surface area contributed by atoms with Crippen LogP contribution in [0.3, 0.4) is 0 Å². The lowest BCUT2D eigenvalue weighted by molar-refractivity contribution is -0.146. The van der Waals surface area contributed by atoms with Gasteiger partial charge in [0, 0.05) is 5.69 Å². The zero-order valence-corrected chi connectivity index (χ0v) is 22.3. The van der Waals surface area contributed by atoms with Crippen LogP contribution in [0.4, 0.5) is 5.69 Å². The number of hydrogen-bond donors (Lipinski definition) is 1. The molecule has 2 rings (SSSR count). The number of nitrogens with two attached hydrogens (primary N) is 1. The second-order valence-electron chi connectivity index (χ2n) is 8.67. The van der Waals surface area contributed by atoms with E-state index in [1.54, 1.807) is 42.5 Å². The summed E-state index contributed by atoms with van der Waals surface area (Å²) in [6.45, 7) is -0.391.